The molecule has 5 heteroatoms. The molecule has 0 radical (unpaired) electrons. The lowest BCUT2D eigenvalue weighted by Crippen LogP contribution is -2.10. The summed E-state index contributed by atoms with van der Waals surface area (Å²) in [7, 11) is 0. The quantitative estimate of drug-likeness (QED) is 0.507. The fraction of sp³-hybridized carbons (Fsp3) is 0.0714. The summed E-state index contributed by atoms with van der Waals surface area (Å²) in [4.78, 5) is 0.592. The fourth-order valence-corrected chi connectivity index (χ4v) is 2.82. The molecule has 0 fully saturated rings. The van der Waals surface area contributed by atoms with Gasteiger partial charge in [0.25, 0.3) is 0 Å². The van der Waals surface area contributed by atoms with Crippen LogP contribution in [0.2, 0.25) is 5.02 Å². The smallest absolute Gasteiger partial charge is 0.136 e. The normalized spacial score (nSPS) is 10.4. The van der Waals surface area contributed by atoms with Gasteiger partial charge in [0.05, 0.1) is 0 Å². The standard InChI is InChI=1S/C14H12ClFN2S/c15-11-7-9(14(17)18)5-6-10(11)8-19-13-4-2-1-3-12(13)16/h1-7H,8H2,(H3,17,18). The van der Waals surface area contributed by atoms with Gasteiger partial charge in [0, 0.05) is 21.2 Å². The monoisotopic (exact) mass is 294 g/mol. The number of hydrogen-bond acceptors (Lipinski definition) is 2. The lowest BCUT2D eigenvalue weighted by Gasteiger charge is -2.07. The van der Waals surface area contributed by atoms with E-state index in [0.29, 0.717) is 21.2 Å². The van der Waals surface area contributed by atoms with Crippen LogP contribution in [0, 0.1) is 11.2 Å². The molecule has 0 aliphatic carbocycles. The van der Waals surface area contributed by atoms with Crippen LogP contribution in [0.25, 0.3) is 0 Å². The van der Waals surface area contributed by atoms with Crippen LogP contribution in [0.5, 0.6) is 0 Å². The summed E-state index contributed by atoms with van der Waals surface area (Å²) in [5.74, 6) is 0.317. The SMILES string of the molecule is N=C(N)c1ccc(CSc2ccccc2F)c(Cl)c1. The molecular weight excluding hydrogens is 283 g/mol. The average Bonchev–Trinajstić information content (AvgIpc) is 2.39. The van der Waals surface area contributed by atoms with E-state index in [1.54, 1.807) is 30.3 Å². The zero-order valence-electron chi connectivity index (χ0n) is 9.99. The zero-order chi connectivity index (χ0) is 13.8. The summed E-state index contributed by atoms with van der Waals surface area (Å²) in [6.45, 7) is 0. The predicted molar refractivity (Wildman–Crippen MR) is 78.4 cm³/mol. The Bertz CT molecular complexity index is 616. The van der Waals surface area contributed by atoms with E-state index in [-0.39, 0.29) is 11.7 Å². The number of amidine groups is 1. The van der Waals surface area contributed by atoms with Crippen LogP contribution in [0.1, 0.15) is 11.1 Å². The van der Waals surface area contributed by atoms with E-state index in [4.69, 9.17) is 22.7 Å². The summed E-state index contributed by atoms with van der Waals surface area (Å²) in [5.41, 5.74) is 6.86. The molecule has 3 N–H and O–H groups in total. The Kier molecular flexibility index (Phi) is 4.45. The van der Waals surface area contributed by atoms with Gasteiger partial charge in [0.2, 0.25) is 0 Å². The maximum Gasteiger partial charge on any atom is 0.136 e. The lowest BCUT2D eigenvalue weighted by atomic mass is 10.1. The third-order valence-electron chi connectivity index (χ3n) is 2.58. The van der Waals surface area contributed by atoms with Crippen molar-refractivity contribution < 1.29 is 4.39 Å². The number of halogens is 2. The molecule has 0 aliphatic heterocycles. The molecule has 2 nitrogen and oxygen atoms in total. The largest absolute Gasteiger partial charge is 0.384 e. The Labute approximate surface area is 120 Å². The van der Waals surface area contributed by atoms with Crippen LogP contribution >= 0.6 is 23.4 Å². The second-order valence-electron chi connectivity index (χ2n) is 3.94. The average molecular weight is 295 g/mol. The van der Waals surface area contributed by atoms with E-state index in [9.17, 15) is 4.39 Å². The van der Waals surface area contributed by atoms with Crippen LogP contribution in [-0.2, 0) is 5.75 Å². The summed E-state index contributed by atoms with van der Waals surface area (Å²) in [5, 5.41) is 7.87. The van der Waals surface area contributed by atoms with E-state index < -0.39 is 0 Å². The van der Waals surface area contributed by atoms with Gasteiger partial charge in [-0.1, -0.05) is 35.9 Å². The Morgan fingerprint density at radius 3 is 2.63 bits per heavy atom. The number of nitrogens with one attached hydrogen (secondary N) is 1. The van der Waals surface area contributed by atoms with Gasteiger partial charge < -0.3 is 5.73 Å². The second-order valence-corrected chi connectivity index (χ2v) is 5.36. The van der Waals surface area contributed by atoms with E-state index in [1.165, 1.54) is 17.8 Å². The van der Waals surface area contributed by atoms with E-state index in [1.807, 2.05) is 6.07 Å². The van der Waals surface area contributed by atoms with Crippen molar-refractivity contribution in [1.29, 1.82) is 5.41 Å². The number of nitrogen functional groups attached to an aromatic ring is 1. The number of benzene rings is 2. The summed E-state index contributed by atoms with van der Waals surface area (Å²) >= 11 is 7.50. The second kappa shape index (κ2) is 6.08. The highest BCUT2D eigenvalue weighted by Crippen LogP contribution is 2.28. The molecule has 0 bridgehead atoms. The predicted octanol–water partition coefficient (Wildman–Crippen LogP) is 4.06. The maximum atomic E-state index is 13.5. The molecule has 0 spiro atoms. The zero-order valence-corrected chi connectivity index (χ0v) is 11.6. The van der Waals surface area contributed by atoms with Crippen molar-refractivity contribution in [2.75, 3.05) is 0 Å². The third kappa shape index (κ3) is 3.49. The molecule has 0 atom stereocenters. The summed E-state index contributed by atoms with van der Waals surface area (Å²) in [6, 6.07) is 11.8. The molecule has 0 saturated carbocycles. The van der Waals surface area contributed by atoms with Gasteiger partial charge in [-0.05, 0) is 23.8 Å². The molecule has 0 amide bonds. The Balaban J connectivity index is 2.12. The van der Waals surface area contributed by atoms with Crippen LogP contribution in [0.15, 0.2) is 47.4 Å². The Hall–Kier alpha value is -1.52. The first-order valence-corrected chi connectivity index (χ1v) is 6.94. The third-order valence-corrected chi connectivity index (χ3v) is 4.03. The van der Waals surface area contributed by atoms with Gasteiger partial charge in [-0.2, -0.15) is 0 Å². The first-order chi connectivity index (χ1) is 9.08. The van der Waals surface area contributed by atoms with Crippen LogP contribution in [-0.4, -0.2) is 5.84 Å². The van der Waals surface area contributed by atoms with Crippen molar-refractivity contribution in [2.45, 2.75) is 10.6 Å². The number of hydrogen-bond donors (Lipinski definition) is 2. The van der Waals surface area contributed by atoms with E-state index >= 15 is 0 Å². The number of thioether (sulfide) groups is 1. The van der Waals surface area contributed by atoms with Gasteiger partial charge in [0.1, 0.15) is 11.7 Å². The topological polar surface area (TPSA) is 49.9 Å². The number of nitrogens with two attached hydrogens (primary N) is 1. The minimum absolute atomic E-state index is 0.0183. The molecule has 2 rings (SSSR count). The Morgan fingerprint density at radius 2 is 2.00 bits per heavy atom. The molecular formula is C14H12ClFN2S. The minimum Gasteiger partial charge on any atom is -0.384 e. The van der Waals surface area contributed by atoms with Crippen molar-refractivity contribution in [3.63, 3.8) is 0 Å². The minimum atomic E-state index is -0.232. The molecule has 2 aromatic carbocycles. The van der Waals surface area contributed by atoms with Gasteiger partial charge in [-0.15, -0.1) is 11.8 Å². The molecule has 0 aromatic heterocycles. The molecule has 0 aliphatic rings. The molecule has 19 heavy (non-hydrogen) atoms. The molecule has 0 heterocycles. The first kappa shape index (κ1) is 13.9. The number of rotatable bonds is 4. The van der Waals surface area contributed by atoms with Gasteiger partial charge in [-0.25, -0.2) is 4.39 Å². The highest BCUT2D eigenvalue weighted by molar-refractivity contribution is 7.98. The fourth-order valence-electron chi connectivity index (χ4n) is 1.55. The highest BCUT2D eigenvalue weighted by Gasteiger charge is 2.06. The van der Waals surface area contributed by atoms with Crippen molar-refractivity contribution in [3.05, 3.63) is 64.4 Å². The van der Waals surface area contributed by atoms with Crippen LogP contribution in [0.4, 0.5) is 4.39 Å². The van der Waals surface area contributed by atoms with Crippen LogP contribution in [0.3, 0.4) is 0 Å². The maximum absolute atomic E-state index is 13.5. The van der Waals surface area contributed by atoms with Crippen LogP contribution < -0.4 is 5.73 Å². The molecule has 0 saturated heterocycles. The molecule has 98 valence electrons. The van der Waals surface area contributed by atoms with Gasteiger partial charge in [-0.3, -0.25) is 5.41 Å². The van der Waals surface area contributed by atoms with Crippen molar-refractivity contribution >= 4 is 29.2 Å². The highest BCUT2D eigenvalue weighted by atomic mass is 35.5. The molecule has 0 unspecified atom stereocenters. The first-order valence-electron chi connectivity index (χ1n) is 5.58. The van der Waals surface area contributed by atoms with Gasteiger partial charge >= 0.3 is 0 Å². The lowest BCUT2D eigenvalue weighted by molar-refractivity contribution is 0.602. The summed E-state index contributed by atoms with van der Waals surface area (Å²) < 4.78 is 13.5. The van der Waals surface area contributed by atoms with Gasteiger partial charge in [0.15, 0.2) is 0 Å². The van der Waals surface area contributed by atoms with Crippen molar-refractivity contribution in [3.8, 4) is 0 Å². The molecule has 2 aromatic rings. The van der Waals surface area contributed by atoms with E-state index in [0.717, 1.165) is 5.56 Å². The Morgan fingerprint density at radius 1 is 1.26 bits per heavy atom. The summed E-state index contributed by atoms with van der Waals surface area (Å²) in [6.07, 6.45) is 0. The van der Waals surface area contributed by atoms with E-state index in [2.05, 4.69) is 0 Å². The van der Waals surface area contributed by atoms with Crippen molar-refractivity contribution in [1.82, 2.24) is 0 Å². The van der Waals surface area contributed by atoms with Crippen molar-refractivity contribution in [2.24, 2.45) is 5.73 Å².